The highest BCUT2D eigenvalue weighted by molar-refractivity contribution is 7.99. The van der Waals surface area contributed by atoms with Gasteiger partial charge in [-0.1, -0.05) is 35.5 Å². The van der Waals surface area contributed by atoms with Gasteiger partial charge in [-0.05, 0) is 38.5 Å². The zero-order valence-corrected chi connectivity index (χ0v) is 17.1. The molecule has 146 valence electrons. The van der Waals surface area contributed by atoms with Crippen LogP contribution in [0.25, 0.3) is 0 Å². The highest BCUT2D eigenvalue weighted by Gasteiger charge is 2.20. The van der Waals surface area contributed by atoms with Crippen molar-refractivity contribution in [3.63, 3.8) is 0 Å². The number of carbonyl (C=O) groups is 2. The average molecular weight is 420 g/mol. The van der Waals surface area contributed by atoms with Crippen LogP contribution in [0, 0.1) is 13.8 Å². The van der Waals surface area contributed by atoms with E-state index in [0.29, 0.717) is 33.3 Å². The van der Waals surface area contributed by atoms with Crippen molar-refractivity contribution in [1.82, 2.24) is 15.2 Å². The number of aromatic amines is 1. The summed E-state index contributed by atoms with van der Waals surface area (Å²) in [6, 6.07) is 7.08. The largest absolute Gasteiger partial charge is 0.482 e. The van der Waals surface area contributed by atoms with Crippen LogP contribution in [0.5, 0.6) is 5.75 Å². The number of halogens is 1. The zero-order valence-electron chi connectivity index (χ0n) is 15.5. The second-order valence-electron chi connectivity index (χ2n) is 6.07. The highest BCUT2D eigenvalue weighted by atomic mass is 35.5. The Balaban J connectivity index is 1.59. The highest BCUT2D eigenvalue weighted by Crippen LogP contribution is 2.25. The lowest BCUT2D eigenvalue weighted by atomic mass is 10.1. The number of ether oxygens (including phenoxy) is 1. The molecule has 0 fully saturated rings. The Kier molecular flexibility index (Phi) is 6.21. The number of thioether (sulfide) groups is 1. The topological polar surface area (TPSA) is 98.1 Å². The van der Waals surface area contributed by atoms with Crippen LogP contribution in [0.15, 0.2) is 33.9 Å². The number of nitrogens with one attached hydrogen (secondary N) is 1. The van der Waals surface area contributed by atoms with E-state index in [1.165, 1.54) is 6.92 Å². The van der Waals surface area contributed by atoms with Gasteiger partial charge in [-0.15, -0.1) is 10.2 Å². The van der Waals surface area contributed by atoms with Gasteiger partial charge in [-0.25, -0.2) is 0 Å². The average Bonchev–Trinajstić information content (AvgIpc) is 3.22. The van der Waals surface area contributed by atoms with Gasteiger partial charge in [0.25, 0.3) is 11.1 Å². The van der Waals surface area contributed by atoms with Crippen LogP contribution < -0.4 is 4.74 Å². The molecule has 1 N–H and O–H groups in total. The Bertz CT molecular complexity index is 1030. The number of rotatable bonds is 8. The van der Waals surface area contributed by atoms with E-state index in [2.05, 4.69) is 15.2 Å². The van der Waals surface area contributed by atoms with Gasteiger partial charge in [0, 0.05) is 11.3 Å². The molecular weight excluding hydrogens is 402 g/mol. The molecular formula is C19H18ClN3O4S. The zero-order chi connectivity index (χ0) is 20.3. The first-order valence-corrected chi connectivity index (χ1v) is 9.79. The molecule has 0 unspecified atom stereocenters. The van der Waals surface area contributed by atoms with Gasteiger partial charge in [0.1, 0.15) is 5.75 Å². The van der Waals surface area contributed by atoms with Gasteiger partial charge in [0.15, 0.2) is 18.2 Å². The molecule has 0 aliphatic carbocycles. The molecule has 3 aromatic rings. The van der Waals surface area contributed by atoms with Gasteiger partial charge in [-0.3, -0.25) is 9.59 Å². The van der Waals surface area contributed by atoms with Crippen molar-refractivity contribution in [3.8, 4) is 5.75 Å². The van der Waals surface area contributed by atoms with Crippen molar-refractivity contribution < 1.29 is 18.7 Å². The number of aromatic nitrogens is 3. The van der Waals surface area contributed by atoms with Crippen molar-refractivity contribution in [2.45, 2.75) is 32.6 Å². The molecule has 3 rings (SSSR count). The summed E-state index contributed by atoms with van der Waals surface area (Å²) in [5.74, 6) is 0.680. The maximum Gasteiger partial charge on any atom is 0.277 e. The first-order chi connectivity index (χ1) is 13.4. The maximum absolute atomic E-state index is 12.5. The minimum Gasteiger partial charge on any atom is -0.482 e. The smallest absolute Gasteiger partial charge is 0.277 e. The van der Waals surface area contributed by atoms with Crippen LogP contribution in [0.1, 0.15) is 44.9 Å². The van der Waals surface area contributed by atoms with Crippen molar-refractivity contribution in [2.75, 3.05) is 5.75 Å². The molecule has 2 aromatic heterocycles. The molecule has 28 heavy (non-hydrogen) atoms. The predicted octanol–water partition coefficient (Wildman–Crippen LogP) is 4.42. The molecule has 9 heteroatoms. The summed E-state index contributed by atoms with van der Waals surface area (Å²) in [6.07, 6.45) is 0. The minimum atomic E-state index is -0.148. The Hall–Kier alpha value is -2.58. The summed E-state index contributed by atoms with van der Waals surface area (Å²) in [6.45, 7) is 5.09. The SMILES string of the molecule is CC(=O)c1c(C)[nH]c(C(=O)CSc2nnc(COc3ccccc3Cl)o2)c1C. The number of hydrogen-bond acceptors (Lipinski definition) is 7. The van der Waals surface area contributed by atoms with E-state index in [4.69, 9.17) is 20.8 Å². The second kappa shape index (κ2) is 8.62. The molecule has 0 aliphatic heterocycles. The first kappa shape index (κ1) is 20.2. The number of carbonyl (C=O) groups excluding carboxylic acids is 2. The third kappa shape index (κ3) is 4.45. The van der Waals surface area contributed by atoms with Crippen molar-refractivity contribution in [1.29, 1.82) is 0 Å². The number of para-hydroxylation sites is 1. The normalized spacial score (nSPS) is 10.9. The summed E-state index contributed by atoms with van der Waals surface area (Å²) in [5.41, 5.74) is 2.34. The van der Waals surface area contributed by atoms with Gasteiger partial charge < -0.3 is 14.1 Å². The van der Waals surface area contributed by atoms with Crippen LogP contribution in [0.4, 0.5) is 0 Å². The third-order valence-corrected chi connectivity index (χ3v) is 5.16. The lowest BCUT2D eigenvalue weighted by molar-refractivity contribution is 0.101. The Morgan fingerprint density at radius 1 is 1.25 bits per heavy atom. The van der Waals surface area contributed by atoms with Gasteiger partial charge in [0.2, 0.25) is 0 Å². The van der Waals surface area contributed by atoms with Crippen molar-refractivity contribution in [2.24, 2.45) is 0 Å². The fourth-order valence-electron chi connectivity index (χ4n) is 2.81. The molecule has 0 saturated carbocycles. The van der Waals surface area contributed by atoms with Crippen LogP contribution in [0.3, 0.4) is 0 Å². The molecule has 0 saturated heterocycles. The van der Waals surface area contributed by atoms with E-state index in [0.717, 1.165) is 11.8 Å². The molecule has 0 spiro atoms. The molecule has 0 bridgehead atoms. The molecule has 0 radical (unpaired) electrons. The molecule has 7 nitrogen and oxygen atoms in total. The third-order valence-electron chi connectivity index (χ3n) is 4.03. The minimum absolute atomic E-state index is 0.0713. The van der Waals surface area contributed by atoms with E-state index >= 15 is 0 Å². The molecule has 0 atom stereocenters. The van der Waals surface area contributed by atoms with Crippen LogP contribution in [-0.4, -0.2) is 32.5 Å². The van der Waals surface area contributed by atoms with Crippen molar-refractivity contribution in [3.05, 3.63) is 57.7 Å². The number of benzene rings is 1. The van der Waals surface area contributed by atoms with E-state index in [-0.39, 0.29) is 35.0 Å². The maximum atomic E-state index is 12.5. The predicted molar refractivity (Wildman–Crippen MR) is 105 cm³/mol. The fourth-order valence-corrected chi connectivity index (χ4v) is 3.66. The van der Waals surface area contributed by atoms with Crippen LogP contribution in [0.2, 0.25) is 5.02 Å². The van der Waals surface area contributed by atoms with E-state index in [1.807, 2.05) is 6.07 Å². The summed E-state index contributed by atoms with van der Waals surface area (Å²) in [5, 5.41) is 8.56. The Morgan fingerprint density at radius 3 is 2.68 bits per heavy atom. The van der Waals surface area contributed by atoms with Gasteiger partial charge in [0.05, 0.1) is 16.5 Å². The van der Waals surface area contributed by atoms with E-state index < -0.39 is 0 Å². The number of aryl methyl sites for hydroxylation is 1. The number of Topliss-reactive ketones (excluding diaryl/α,β-unsaturated/α-hetero) is 2. The first-order valence-electron chi connectivity index (χ1n) is 8.42. The lowest BCUT2D eigenvalue weighted by Crippen LogP contribution is -2.05. The van der Waals surface area contributed by atoms with Crippen LogP contribution >= 0.6 is 23.4 Å². The monoisotopic (exact) mass is 419 g/mol. The second-order valence-corrected chi connectivity index (χ2v) is 7.41. The van der Waals surface area contributed by atoms with Gasteiger partial charge >= 0.3 is 0 Å². The van der Waals surface area contributed by atoms with E-state index in [9.17, 15) is 9.59 Å². The van der Waals surface area contributed by atoms with Crippen molar-refractivity contribution >= 4 is 34.9 Å². The number of ketones is 2. The van der Waals surface area contributed by atoms with Crippen LogP contribution in [-0.2, 0) is 6.61 Å². The molecule has 0 aliphatic rings. The molecule has 2 heterocycles. The Labute approximate surface area is 170 Å². The van der Waals surface area contributed by atoms with E-state index in [1.54, 1.807) is 32.0 Å². The fraction of sp³-hybridized carbons (Fsp3) is 0.263. The number of hydrogen-bond donors (Lipinski definition) is 1. The van der Waals surface area contributed by atoms with Gasteiger partial charge in [-0.2, -0.15) is 0 Å². The quantitative estimate of drug-likeness (QED) is 0.426. The summed E-state index contributed by atoms with van der Waals surface area (Å²) in [7, 11) is 0. The summed E-state index contributed by atoms with van der Waals surface area (Å²) < 4.78 is 11.0. The Morgan fingerprint density at radius 2 is 2.00 bits per heavy atom. The summed E-state index contributed by atoms with van der Waals surface area (Å²) in [4.78, 5) is 27.2. The summed E-state index contributed by atoms with van der Waals surface area (Å²) >= 11 is 7.15. The lowest BCUT2D eigenvalue weighted by Gasteiger charge is -2.04. The molecule has 1 aromatic carbocycles. The number of nitrogens with zero attached hydrogens (tertiary/aromatic N) is 2. The standard InChI is InChI=1S/C19H18ClN3O4S/c1-10-17(12(3)24)11(2)21-18(10)14(25)9-28-19-23-22-16(27-19)8-26-15-7-5-4-6-13(15)20/h4-7,21H,8-9H2,1-3H3. The molecule has 0 amide bonds. The number of H-pyrrole nitrogens is 1.